The smallest absolute Gasteiger partial charge is 0.349 e. The van der Waals surface area contributed by atoms with Crippen LogP contribution < -0.4 is 15.3 Å². The molecular weight excluding hydrogens is 530 g/mol. The molecule has 10 heteroatoms. The Morgan fingerprint density at radius 3 is 2.66 bits per heavy atom. The minimum atomic E-state index is -0.605. The van der Waals surface area contributed by atoms with Crippen molar-refractivity contribution in [2.75, 3.05) is 38.2 Å². The predicted molar refractivity (Wildman–Crippen MR) is 152 cm³/mol. The van der Waals surface area contributed by atoms with Crippen LogP contribution in [-0.2, 0) is 0 Å². The number of fused-ring (bicyclic) bond motifs is 4. The molecule has 0 spiro atoms. The van der Waals surface area contributed by atoms with E-state index in [0.29, 0.717) is 52.1 Å². The van der Waals surface area contributed by atoms with Crippen LogP contribution in [0.4, 0.5) is 14.6 Å². The molecule has 214 valence electrons. The zero-order valence-corrected chi connectivity index (χ0v) is 23.1. The lowest BCUT2D eigenvalue weighted by molar-refractivity contribution is 0.292. The van der Waals surface area contributed by atoms with Gasteiger partial charge in [0.1, 0.15) is 28.9 Å². The van der Waals surface area contributed by atoms with E-state index in [-0.39, 0.29) is 28.5 Å². The second-order valence-corrected chi connectivity index (χ2v) is 11.7. The van der Waals surface area contributed by atoms with Crippen molar-refractivity contribution in [3.8, 4) is 23.1 Å². The van der Waals surface area contributed by atoms with Gasteiger partial charge < -0.3 is 19.2 Å². The Kier molecular flexibility index (Phi) is 6.33. The van der Waals surface area contributed by atoms with Crippen molar-refractivity contribution in [1.82, 2.24) is 14.9 Å². The maximum atomic E-state index is 14.8. The molecule has 4 fully saturated rings. The van der Waals surface area contributed by atoms with E-state index in [2.05, 4.69) is 19.8 Å². The molecule has 2 aromatic heterocycles. The van der Waals surface area contributed by atoms with Gasteiger partial charge in [-0.1, -0.05) is 12.1 Å². The number of aromatic hydroxyl groups is 1. The van der Waals surface area contributed by atoms with E-state index >= 15 is 0 Å². The standard InChI is InChI=1S/C24H20FN3O4.C7H12FN/c1-11-20-19(22(27-24(26-20)31-2)28-9-13-6-14(13)10-28)23(30)32-21(11)16-8-15(29)7-12-4-3-5-17(25)18(12)16;8-6-4-7-2-1-3-9(7)5-6/h3-5,7-8,13-14,29H,6,9-10H2,1-2H3;6-7H,1-5H2. The van der Waals surface area contributed by atoms with Crippen LogP contribution in [0.25, 0.3) is 33.0 Å². The van der Waals surface area contributed by atoms with E-state index in [1.54, 1.807) is 19.1 Å². The number of halogens is 2. The average molecular weight is 563 g/mol. The molecule has 0 radical (unpaired) electrons. The Morgan fingerprint density at radius 2 is 1.90 bits per heavy atom. The summed E-state index contributed by atoms with van der Waals surface area (Å²) in [7, 11) is 1.48. The summed E-state index contributed by atoms with van der Waals surface area (Å²) in [4.78, 5) is 26.5. The molecule has 3 saturated heterocycles. The minimum absolute atomic E-state index is 0.0579. The number of hydrogen-bond donors (Lipinski definition) is 1. The van der Waals surface area contributed by atoms with Crippen molar-refractivity contribution in [3.05, 3.63) is 52.1 Å². The van der Waals surface area contributed by atoms with Crippen LogP contribution >= 0.6 is 0 Å². The first kappa shape index (κ1) is 26.1. The number of rotatable bonds is 3. The van der Waals surface area contributed by atoms with Crippen molar-refractivity contribution in [3.63, 3.8) is 0 Å². The number of piperidine rings is 1. The summed E-state index contributed by atoms with van der Waals surface area (Å²) in [5, 5.41) is 11.3. The molecule has 0 bridgehead atoms. The number of benzene rings is 2. The molecule has 41 heavy (non-hydrogen) atoms. The summed E-state index contributed by atoms with van der Waals surface area (Å²) >= 11 is 0. The molecule has 0 amide bonds. The highest BCUT2D eigenvalue weighted by Crippen LogP contribution is 2.47. The number of methoxy groups -OCH3 is 1. The number of ether oxygens (including phenoxy) is 1. The van der Waals surface area contributed by atoms with Crippen LogP contribution in [0.2, 0.25) is 0 Å². The van der Waals surface area contributed by atoms with Crippen LogP contribution in [0, 0.1) is 24.6 Å². The quantitative estimate of drug-likeness (QED) is 0.364. The Morgan fingerprint density at radius 1 is 1.10 bits per heavy atom. The van der Waals surface area contributed by atoms with Crippen molar-refractivity contribution >= 4 is 27.5 Å². The largest absolute Gasteiger partial charge is 0.508 e. The monoisotopic (exact) mass is 562 g/mol. The third-order valence-electron chi connectivity index (χ3n) is 9.04. The minimum Gasteiger partial charge on any atom is -0.508 e. The Hall–Kier alpha value is -3.79. The van der Waals surface area contributed by atoms with Gasteiger partial charge >= 0.3 is 11.6 Å². The second kappa shape index (κ2) is 9.94. The summed E-state index contributed by atoms with van der Waals surface area (Å²) in [5.41, 5.74) is 0.621. The van der Waals surface area contributed by atoms with Crippen LogP contribution in [0.1, 0.15) is 31.2 Å². The third-order valence-corrected chi connectivity index (χ3v) is 9.04. The van der Waals surface area contributed by atoms with E-state index in [9.17, 15) is 18.7 Å². The first-order chi connectivity index (χ1) is 19.8. The highest BCUT2D eigenvalue weighted by Gasteiger charge is 2.46. The number of aryl methyl sites for hydroxylation is 1. The van der Waals surface area contributed by atoms with Gasteiger partial charge in [-0.2, -0.15) is 9.97 Å². The van der Waals surface area contributed by atoms with Gasteiger partial charge in [0.2, 0.25) is 0 Å². The molecule has 4 aliphatic rings. The predicted octanol–water partition coefficient (Wildman–Crippen LogP) is 5.21. The Labute approximate surface area is 235 Å². The molecule has 3 aliphatic heterocycles. The van der Waals surface area contributed by atoms with Gasteiger partial charge in [0.05, 0.1) is 12.6 Å². The molecule has 2 aromatic carbocycles. The zero-order chi connectivity index (χ0) is 28.4. The molecule has 8 rings (SSSR count). The highest BCUT2D eigenvalue weighted by atomic mass is 19.1. The van der Waals surface area contributed by atoms with Gasteiger partial charge in [-0.25, -0.2) is 13.6 Å². The van der Waals surface area contributed by atoms with Crippen molar-refractivity contribution < 1.29 is 23.0 Å². The van der Waals surface area contributed by atoms with Gasteiger partial charge in [0.15, 0.2) is 5.82 Å². The fourth-order valence-corrected chi connectivity index (χ4v) is 6.94. The van der Waals surface area contributed by atoms with Gasteiger partial charge in [-0.05, 0) is 74.6 Å². The van der Waals surface area contributed by atoms with E-state index in [1.165, 1.54) is 44.6 Å². The molecule has 8 nitrogen and oxygen atoms in total. The number of aromatic nitrogens is 2. The number of anilines is 1. The maximum Gasteiger partial charge on any atom is 0.349 e. The number of nitrogens with zero attached hydrogens (tertiary/aromatic N) is 4. The Bertz CT molecular complexity index is 1700. The second-order valence-electron chi connectivity index (χ2n) is 11.7. The zero-order valence-electron chi connectivity index (χ0n) is 23.1. The summed E-state index contributed by atoms with van der Waals surface area (Å²) in [6, 6.07) is 8.22. The summed E-state index contributed by atoms with van der Waals surface area (Å²) in [5.74, 6) is 1.41. The average Bonchev–Trinajstić information content (AvgIpc) is 3.23. The molecule has 5 heterocycles. The van der Waals surface area contributed by atoms with E-state index < -0.39 is 17.6 Å². The van der Waals surface area contributed by atoms with Crippen molar-refractivity contribution in [1.29, 1.82) is 0 Å². The lowest BCUT2D eigenvalue weighted by Gasteiger charge is -2.21. The van der Waals surface area contributed by atoms with E-state index in [0.717, 1.165) is 26.1 Å². The van der Waals surface area contributed by atoms with Gasteiger partial charge in [-0.3, -0.25) is 4.90 Å². The molecule has 1 aliphatic carbocycles. The molecule has 4 atom stereocenters. The fraction of sp³-hybridized carbons (Fsp3) is 0.452. The van der Waals surface area contributed by atoms with Crippen molar-refractivity contribution in [2.24, 2.45) is 11.8 Å². The Balaban J connectivity index is 0.000000260. The lowest BCUT2D eigenvalue weighted by Crippen LogP contribution is -2.25. The number of phenols is 1. The van der Waals surface area contributed by atoms with E-state index in [4.69, 9.17) is 9.15 Å². The van der Waals surface area contributed by atoms with Gasteiger partial charge in [-0.15, -0.1) is 0 Å². The molecule has 4 unspecified atom stereocenters. The molecule has 1 saturated carbocycles. The van der Waals surface area contributed by atoms with Crippen LogP contribution in [-0.4, -0.2) is 65.5 Å². The lowest BCUT2D eigenvalue weighted by atomic mass is 9.98. The van der Waals surface area contributed by atoms with E-state index in [1.807, 2.05) is 0 Å². The van der Waals surface area contributed by atoms with Gasteiger partial charge in [0.25, 0.3) is 0 Å². The summed E-state index contributed by atoms with van der Waals surface area (Å²) in [6.07, 6.45) is 4.03. The fourth-order valence-electron chi connectivity index (χ4n) is 6.94. The SMILES string of the molecule is COc1nc(N2CC3CC3C2)c2c(=O)oc(-c3cc(O)cc4cccc(F)c34)c(C)c2n1.FC1CC2CCCN2C1. The highest BCUT2D eigenvalue weighted by molar-refractivity contribution is 6.00. The first-order valence-corrected chi connectivity index (χ1v) is 14.2. The molecular formula is C31H32F2N4O4. The molecule has 1 N–H and O–H groups in total. The number of hydrogen-bond acceptors (Lipinski definition) is 8. The van der Waals surface area contributed by atoms with Crippen molar-refractivity contribution in [2.45, 2.75) is 44.8 Å². The maximum absolute atomic E-state index is 14.8. The topological polar surface area (TPSA) is 91.9 Å². The number of phenolic OH excluding ortho intramolecular Hbond substituents is 1. The normalized spacial score (nSPS) is 24.8. The third kappa shape index (κ3) is 4.58. The first-order valence-electron chi connectivity index (χ1n) is 14.2. The van der Waals surface area contributed by atoms with Crippen LogP contribution in [0.15, 0.2) is 39.5 Å². The summed E-state index contributed by atoms with van der Waals surface area (Å²) < 4.78 is 38.5. The van der Waals surface area contributed by atoms with Crippen LogP contribution in [0.5, 0.6) is 11.8 Å². The number of alkyl halides is 1. The molecule has 4 aromatic rings. The van der Waals surface area contributed by atoms with Gasteiger partial charge in [0, 0.05) is 42.2 Å². The van der Waals surface area contributed by atoms with Crippen LogP contribution in [0.3, 0.4) is 0 Å². The summed E-state index contributed by atoms with van der Waals surface area (Å²) in [6.45, 7) is 5.29.